The standard InChI is InChI=1S/C28H32ClN5O4S/c29-25-16-26-19(13-27(35)32-26)12-24(25)28(36)31-21-14-22-6-7-23(15-21)34(22)39(37,38)33-10-8-20(9-11-33)30-17-18-4-2-1-3-5-18/h1-5,12-13,16,20-23,30H,6-11,14-15,17H2,(H,31,36)/t21?,22-,23+. The number of nitrogens with zero attached hydrogens (tertiary/aromatic N) is 3. The minimum absolute atomic E-state index is 0.131. The van der Waals surface area contributed by atoms with Crippen LogP contribution in [0.4, 0.5) is 0 Å². The monoisotopic (exact) mass is 569 g/mol. The Balaban J connectivity index is 1.06. The van der Waals surface area contributed by atoms with Crippen LogP contribution in [0.3, 0.4) is 0 Å². The minimum atomic E-state index is -3.58. The van der Waals surface area contributed by atoms with Crippen molar-refractivity contribution in [3.63, 3.8) is 0 Å². The minimum Gasteiger partial charge on any atom is -0.349 e. The summed E-state index contributed by atoms with van der Waals surface area (Å²) < 4.78 is 30.8. The number of carbonyl (C=O) groups excluding carboxylic acids is 2. The van der Waals surface area contributed by atoms with Crippen LogP contribution < -0.4 is 21.2 Å². The van der Waals surface area contributed by atoms with Crippen molar-refractivity contribution in [2.24, 2.45) is 4.99 Å². The molecule has 4 aliphatic rings. The highest BCUT2D eigenvalue weighted by Gasteiger charge is 2.49. The Hall–Kier alpha value is -2.63. The van der Waals surface area contributed by atoms with Crippen molar-refractivity contribution in [1.29, 1.82) is 0 Å². The van der Waals surface area contributed by atoms with E-state index in [9.17, 15) is 18.0 Å². The number of amides is 2. The third-order valence-electron chi connectivity index (χ3n) is 8.36. The second-order valence-corrected chi connectivity index (χ2v) is 13.1. The molecule has 3 saturated heterocycles. The first-order valence-electron chi connectivity index (χ1n) is 13.6. The number of piperidine rings is 2. The van der Waals surface area contributed by atoms with Gasteiger partial charge < -0.3 is 10.6 Å². The molecule has 3 atom stereocenters. The van der Waals surface area contributed by atoms with E-state index in [4.69, 9.17) is 11.6 Å². The van der Waals surface area contributed by atoms with Crippen molar-refractivity contribution in [1.82, 2.24) is 19.2 Å². The third-order valence-corrected chi connectivity index (χ3v) is 10.8. The van der Waals surface area contributed by atoms with Gasteiger partial charge in [-0.1, -0.05) is 41.9 Å². The van der Waals surface area contributed by atoms with Gasteiger partial charge in [0.15, 0.2) is 0 Å². The summed E-state index contributed by atoms with van der Waals surface area (Å²) in [6, 6.07) is 13.2. The van der Waals surface area contributed by atoms with Gasteiger partial charge >= 0.3 is 0 Å². The highest BCUT2D eigenvalue weighted by molar-refractivity contribution is 7.86. The molecule has 0 aliphatic carbocycles. The van der Waals surface area contributed by atoms with E-state index in [1.54, 1.807) is 14.7 Å². The SMILES string of the molecule is O=C1C=c2cc(C(=O)NC3C[C@H]4CC[C@@H](C3)N4S(=O)(=O)N3CCC(NCc4ccccc4)CC3)c(Cl)cc2=N1. The Bertz CT molecular complexity index is 1490. The van der Waals surface area contributed by atoms with Gasteiger partial charge in [-0.15, -0.1) is 0 Å². The summed E-state index contributed by atoms with van der Waals surface area (Å²) in [7, 11) is -3.58. The topological polar surface area (TPSA) is 111 Å². The number of carbonyl (C=O) groups is 2. The molecule has 206 valence electrons. The van der Waals surface area contributed by atoms with Gasteiger partial charge in [0.2, 0.25) is 0 Å². The Labute approximate surface area is 233 Å². The molecule has 2 aromatic carbocycles. The summed E-state index contributed by atoms with van der Waals surface area (Å²) in [4.78, 5) is 28.5. The molecule has 0 saturated carbocycles. The van der Waals surface area contributed by atoms with Gasteiger partial charge in [0, 0.05) is 55.1 Å². The molecule has 1 unspecified atom stereocenters. The van der Waals surface area contributed by atoms with Crippen LogP contribution in [0.1, 0.15) is 54.4 Å². The number of benzene rings is 2. The van der Waals surface area contributed by atoms with Crippen molar-refractivity contribution < 1.29 is 18.0 Å². The summed E-state index contributed by atoms with van der Waals surface area (Å²) in [5, 5.41) is 7.92. The lowest BCUT2D eigenvalue weighted by Crippen LogP contribution is -2.57. The molecule has 4 heterocycles. The first-order chi connectivity index (χ1) is 18.8. The van der Waals surface area contributed by atoms with E-state index in [2.05, 4.69) is 27.8 Å². The maximum Gasteiger partial charge on any atom is 0.282 e. The summed E-state index contributed by atoms with van der Waals surface area (Å²) in [6.45, 7) is 1.80. The number of fused-ring (bicyclic) bond motifs is 3. The average molecular weight is 570 g/mol. The zero-order valence-corrected chi connectivity index (χ0v) is 23.1. The molecule has 9 nitrogen and oxygen atoms in total. The van der Waals surface area contributed by atoms with Crippen LogP contribution in [0.2, 0.25) is 5.02 Å². The van der Waals surface area contributed by atoms with Crippen LogP contribution in [0.5, 0.6) is 0 Å². The predicted molar refractivity (Wildman–Crippen MR) is 148 cm³/mol. The maximum atomic E-state index is 13.7. The van der Waals surface area contributed by atoms with Gasteiger partial charge in [-0.05, 0) is 56.2 Å². The molecule has 2 aromatic rings. The van der Waals surface area contributed by atoms with Crippen LogP contribution in [-0.4, -0.2) is 66.1 Å². The van der Waals surface area contributed by atoms with E-state index in [-0.39, 0.29) is 35.0 Å². The molecule has 11 heteroatoms. The molecule has 2 bridgehead atoms. The highest BCUT2D eigenvalue weighted by atomic mass is 35.5. The van der Waals surface area contributed by atoms with Gasteiger partial charge in [-0.3, -0.25) is 9.59 Å². The molecular formula is C28H32ClN5O4S. The number of rotatable bonds is 7. The largest absolute Gasteiger partial charge is 0.349 e. The number of hydrogen-bond acceptors (Lipinski definition) is 5. The van der Waals surface area contributed by atoms with Crippen molar-refractivity contribution >= 4 is 39.7 Å². The van der Waals surface area contributed by atoms with Gasteiger partial charge in [0.25, 0.3) is 22.0 Å². The molecule has 2 amide bonds. The fourth-order valence-corrected chi connectivity index (χ4v) is 8.74. The summed E-state index contributed by atoms with van der Waals surface area (Å²) in [5.74, 6) is -0.683. The molecule has 2 N–H and O–H groups in total. The fourth-order valence-electron chi connectivity index (χ4n) is 6.42. The first kappa shape index (κ1) is 26.6. The second-order valence-electron chi connectivity index (χ2n) is 10.9. The number of hydrogen-bond donors (Lipinski definition) is 2. The van der Waals surface area contributed by atoms with Crippen LogP contribution in [0, 0.1) is 0 Å². The van der Waals surface area contributed by atoms with Gasteiger partial charge in [-0.25, -0.2) is 4.99 Å². The van der Waals surface area contributed by atoms with E-state index >= 15 is 0 Å². The normalized spacial score (nSPS) is 25.7. The van der Waals surface area contributed by atoms with E-state index in [1.807, 2.05) is 18.2 Å². The quantitative estimate of drug-likeness (QED) is 0.525. The van der Waals surface area contributed by atoms with Gasteiger partial charge in [0.1, 0.15) is 0 Å². The molecular weight excluding hydrogens is 538 g/mol. The fraction of sp³-hybridized carbons (Fsp3) is 0.464. The molecule has 3 fully saturated rings. The number of nitrogens with one attached hydrogen (secondary N) is 2. The Morgan fingerprint density at radius 2 is 1.69 bits per heavy atom. The molecule has 0 aromatic heterocycles. The number of halogens is 1. The van der Waals surface area contributed by atoms with Crippen molar-refractivity contribution in [2.75, 3.05) is 13.1 Å². The Morgan fingerprint density at radius 3 is 2.38 bits per heavy atom. The van der Waals surface area contributed by atoms with Gasteiger partial charge in [-0.2, -0.15) is 17.0 Å². The van der Waals surface area contributed by atoms with Crippen LogP contribution in [-0.2, 0) is 21.5 Å². The van der Waals surface area contributed by atoms with E-state index in [0.717, 1.165) is 32.2 Å². The van der Waals surface area contributed by atoms with E-state index < -0.39 is 10.2 Å². The molecule has 4 aliphatic heterocycles. The van der Waals surface area contributed by atoms with Crippen molar-refractivity contribution in [3.05, 3.63) is 69.2 Å². The Kier molecular flexibility index (Phi) is 7.32. The van der Waals surface area contributed by atoms with Crippen molar-refractivity contribution in [2.45, 2.75) is 69.2 Å². The lowest BCUT2D eigenvalue weighted by molar-refractivity contribution is -0.112. The molecule has 6 rings (SSSR count). The Morgan fingerprint density at radius 1 is 1.00 bits per heavy atom. The summed E-state index contributed by atoms with van der Waals surface area (Å²) in [5.41, 5.74) is 1.52. The average Bonchev–Trinajstić information content (AvgIpc) is 3.43. The summed E-state index contributed by atoms with van der Waals surface area (Å²) >= 11 is 6.32. The summed E-state index contributed by atoms with van der Waals surface area (Å²) in [6.07, 6.45) is 5.68. The molecule has 0 spiro atoms. The van der Waals surface area contributed by atoms with E-state index in [0.29, 0.717) is 48.1 Å². The zero-order chi connectivity index (χ0) is 27.1. The smallest absolute Gasteiger partial charge is 0.282 e. The molecule has 39 heavy (non-hydrogen) atoms. The zero-order valence-electron chi connectivity index (χ0n) is 21.6. The van der Waals surface area contributed by atoms with Crippen molar-refractivity contribution in [3.8, 4) is 0 Å². The highest BCUT2D eigenvalue weighted by Crippen LogP contribution is 2.39. The lowest BCUT2D eigenvalue weighted by Gasteiger charge is -2.42. The molecule has 0 radical (unpaired) electrons. The second kappa shape index (κ2) is 10.7. The third kappa shape index (κ3) is 5.40. The van der Waals surface area contributed by atoms with Gasteiger partial charge in [0.05, 0.1) is 15.9 Å². The van der Waals surface area contributed by atoms with Crippen LogP contribution >= 0.6 is 11.6 Å². The van der Waals surface area contributed by atoms with Crippen LogP contribution in [0.15, 0.2) is 47.5 Å². The van der Waals surface area contributed by atoms with Crippen LogP contribution in [0.25, 0.3) is 6.08 Å². The lowest BCUT2D eigenvalue weighted by atomic mass is 9.99. The first-order valence-corrected chi connectivity index (χ1v) is 15.4. The maximum absolute atomic E-state index is 13.7. The van der Waals surface area contributed by atoms with E-state index in [1.165, 1.54) is 17.7 Å². The predicted octanol–water partition coefficient (Wildman–Crippen LogP) is 1.50.